The predicted octanol–water partition coefficient (Wildman–Crippen LogP) is 0.148. The topological polar surface area (TPSA) is 80.5 Å². The maximum absolute atomic E-state index is 12.2. The maximum atomic E-state index is 12.2. The van der Waals surface area contributed by atoms with Gasteiger partial charge in [-0.1, -0.05) is 0 Å². The van der Waals surface area contributed by atoms with E-state index in [4.69, 9.17) is 10.5 Å². The largest absolute Gasteiger partial charge is 0.384 e. The molecule has 19 heavy (non-hydrogen) atoms. The molecule has 3 rings (SSSR count). The van der Waals surface area contributed by atoms with E-state index in [0.717, 1.165) is 18.5 Å². The Morgan fingerprint density at radius 3 is 3.00 bits per heavy atom. The summed E-state index contributed by atoms with van der Waals surface area (Å²) in [6.45, 7) is 1.73. The van der Waals surface area contributed by atoms with Gasteiger partial charge in [-0.15, -0.1) is 0 Å². The number of amides is 1. The van der Waals surface area contributed by atoms with Crippen LogP contribution >= 0.6 is 0 Å². The molecule has 1 aromatic heterocycles. The van der Waals surface area contributed by atoms with Gasteiger partial charge in [0.1, 0.15) is 11.9 Å². The van der Waals surface area contributed by atoms with Crippen molar-refractivity contribution in [2.45, 2.75) is 24.9 Å². The van der Waals surface area contributed by atoms with Gasteiger partial charge in [0.25, 0.3) is 0 Å². The minimum absolute atomic E-state index is 0.0408. The molecule has 1 amide bonds. The molecule has 0 bridgehead atoms. The molecule has 1 saturated carbocycles. The highest BCUT2D eigenvalue weighted by atomic mass is 16.5. The van der Waals surface area contributed by atoms with E-state index in [1.54, 1.807) is 12.3 Å². The van der Waals surface area contributed by atoms with Crippen LogP contribution in [0.3, 0.4) is 0 Å². The van der Waals surface area contributed by atoms with Crippen molar-refractivity contribution in [1.82, 2.24) is 10.3 Å². The number of rotatable bonds is 3. The summed E-state index contributed by atoms with van der Waals surface area (Å²) in [6.07, 6.45) is 3.88. The molecular formula is C13H18N4O2. The van der Waals surface area contributed by atoms with Gasteiger partial charge in [-0.05, 0) is 25.0 Å². The number of anilines is 2. The number of hydrogen-bond donors (Lipinski definition) is 2. The van der Waals surface area contributed by atoms with E-state index in [2.05, 4.69) is 10.3 Å². The van der Waals surface area contributed by atoms with Gasteiger partial charge in [-0.3, -0.25) is 4.79 Å². The van der Waals surface area contributed by atoms with Gasteiger partial charge in [0, 0.05) is 12.6 Å². The van der Waals surface area contributed by atoms with Gasteiger partial charge in [0.15, 0.2) is 0 Å². The number of morpholine rings is 1. The molecule has 0 aromatic carbocycles. The fourth-order valence-corrected chi connectivity index (χ4v) is 2.22. The van der Waals surface area contributed by atoms with Crippen molar-refractivity contribution in [3.63, 3.8) is 0 Å². The third-order valence-corrected chi connectivity index (χ3v) is 3.46. The molecule has 2 heterocycles. The fourth-order valence-electron chi connectivity index (χ4n) is 2.22. The summed E-state index contributed by atoms with van der Waals surface area (Å²) >= 11 is 0. The predicted molar refractivity (Wildman–Crippen MR) is 71.8 cm³/mol. The molecule has 1 aromatic rings. The zero-order valence-corrected chi connectivity index (χ0v) is 10.7. The lowest BCUT2D eigenvalue weighted by molar-refractivity contribution is -0.124. The Kier molecular flexibility index (Phi) is 3.25. The Labute approximate surface area is 111 Å². The van der Waals surface area contributed by atoms with E-state index < -0.39 is 0 Å². The highest BCUT2D eigenvalue weighted by Gasteiger charge is 2.33. The van der Waals surface area contributed by atoms with E-state index in [1.165, 1.54) is 0 Å². The van der Waals surface area contributed by atoms with Crippen LogP contribution in [0.15, 0.2) is 18.3 Å². The van der Waals surface area contributed by atoms with Crippen molar-refractivity contribution in [2.75, 3.05) is 30.4 Å². The monoisotopic (exact) mass is 262 g/mol. The average molecular weight is 262 g/mol. The minimum atomic E-state index is -0.278. The maximum Gasteiger partial charge on any atom is 0.245 e. The molecule has 0 radical (unpaired) electrons. The summed E-state index contributed by atoms with van der Waals surface area (Å²) in [4.78, 5) is 18.3. The molecule has 2 aliphatic rings. The number of nitrogens with zero attached hydrogens (tertiary/aromatic N) is 2. The Balaban J connectivity index is 1.75. The van der Waals surface area contributed by atoms with E-state index in [9.17, 15) is 4.79 Å². The summed E-state index contributed by atoms with van der Waals surface area (Å²) in [5.41, 5.74) is 6.50. The molecule has 1 unspecified atom stereocenters. The average Bonchev–Trinajstić information content (AvgIpc) is 3.23. The number of nitrogens with one attached hydrogen (secondary N) is 1. The SMILES string of the molecule is Nc1ccc(N2CCOCC2C(=O)NC2CC2)cn1. The second kappa shape index (κ2) is 5.05. The molecule has 6 nitrogen and oxygen atoms in total. The first-order valence-electron chi connectivity index (χ1n) is 6.60. The molecule has 1 atom stereocenters. The van der Waals surface area contributed by atoms with Crippen LogP contribution in [0.5, 0.6) is 0 Å². The first-order chi connectivity index (χ1) is 9.24. The van der Waals surface area contributed by atoms with Gasteiger partial charge < -0.3 is 20.7 Å². The van der Waals surface area contributed by atoms with Crippen molar-refractivity contribution in [2.24, 2.45) is 0 Å². The third-order valence-electron chi connectivity index (χ3n) is 3.46. The quantitative estimate of drug-likeness (QED) is 0.810. The van der Waals surface area contributed by atoms with Crippen LogP contribution in [0, 0.1) is 0 Å². The number of ether oxygens (including phenoxy) is 1. The lowest BCUT2D eigenvalue weighted by atomic mass is 10.2. The molecular weight excluding hydrogens is 244 g/mol. The number of aromatic nitrogens is 1. The Morgan fingerprint density at radius 1 is 1.47 bits per heavy atom. The van der Waals surface area contributed by atoms with Crippen molar-refractivity contribution >= 4 is 17.4 Å². The molecule has 1 aliphatic carbocycles. The Bertz CT molecular complexity index is 458. The highest BCUT2D eigenvalue weighted by molar-refractivity contribution is 5.86. The van der Waals surface area contributed by atoms with E-state index in [1.807, 2.05) is 11.0 Å². The molecule has 0 spiro atoms. The Hall–Kier alpha value is -1.82. The van der Waals surface area contributed by atoms with Crippen molar-refractivity contribution in [1.29, 1.82) is 0 Å². The lowest BCUT2D eigenvalue weighted by Crippen LogP contribution is -2.54. The van der Waals surface area contributed by atoms with E-state index in [0.29, 0.717) is 31.6 Å². The normalized spacial score (nSPS) is 23.2. The summed E-state index contributed by atoms with van der Waals surface area (Å²) in [5, 5.41) is 3.03. The van der Waals surface area contributed by atoms with Crippen molar-refractivity contribution < 1.29 is 9.53 Å². The lowest BCUT2D eigenvalue weighted by Gasteiger charge is -2.36. The third kappa shape index (κ3) is 2.78. The van der Waals surface area contributed by atoms with Crippen molar-refractivity contribution in [3.05, 3.63) is 18.3 Å². The Morgan fingerprint density at radius 2 is 2.32 bits per heavy atom. The van der Waals surface area contributed by atoms with E-state index >= 15 is 0 Å². The number of carbonyl (C=O) groups is 1. The molecule has 1 saturated heterocycles. The van der Waals surface area contributed by atoms with Gasteiger partial charge in [0.05, 0.1) is 25.1 Å². The summed E-state index contributed by atoms with van der Waals surface area (Å²) < 4.78 is 5.43. The highest BCUT2D eigenvalue weighted by Crippen LogP contribution is 2.22. The van der Waals surface area contributed by atoms with E-state index in [-0.39, 0.29) is 11.9 Å². The van der Waals surface area contributed by atoms with Gasteiger partial charge in [-0.2, -0.15) is 0 Å². The van der Waals surface area contributed by atoms with Crippen LogP contribution < -0.4 is 16.0 Å². The van der Waals surface area contributed by atoms with Gasteiger partial charge in [0.2, 0.25) is 5.91 Å². The van der Waals surface area contributed by atoms with Crippen LogP contribution in [0.4, 0.5) is 11.5 Å². The first-order valence-corrected chi connectivity index (χ1v) is 6.60. The number of nitrogen functional groups attached to an aromatic ring is 1. The zero-order chi connectivity index (χ0) is 13.2. The zero-order valence-electron chi connectivity index (χ0n) is 10.7. The van der Waals surface area contributed by atoms with Crippen LogP contribution in [-0.2, 0) is 9.53 Å². The van der Waals surface area contributed by atoms with Gasteiger partial charge in [-0.25, -0.2) is 4.98 Å². The number of nitrogens with two attached hydrogens (primary N) is 1. The fraction of sp³-hybridized carbons (Fsp3) is 0.538. The van der Waals surface area contributed by atoms with Gasteiger partial charge >= 0.3 is 0 Å². The molecule has 3 N–H and O–H groups in total. The minimum Gasteiger partial charge on any atom is -0.384 e. The van der Waals surface area contributed by atoms with Crippen LogP contribution in [0.1, 0.15) is 12.8 Å². The number of hydrogen-bond acceptors (Lipinski definition) is 5. The van der Waals surface area contributed by atoms with Crippen LogP contribution in [0.25, 0.3) is 0 Å². The molecule has 1 aliphatic heterocycles. The number of carbonyl (C=O) groups excluding carboxylic acids is 1. The number of pyridine rings is 1. The molecule has 2 fully saturated rings. The second-order valence-corrected chi connectivity index (χ2v) is 5.01. The molecule has 102 valence electrons. The second-order valence-electron chi connectivity index (χ2n) is 5.01. The summed E-state index contributed by atoms with van der Waals surface area (Å²) in [5.74, 6) is 0.523. The standard InChI is InChI=1S/C13H18N4O2/c14-12-4-3-10(7-15-12)17-5-6-19-8-11(17)13(18)16-9-1-2-9/h3-4,7,9,11H,1-2,5-6,8H2,(H2,14,15)(H,16,18). The first kappa shape index (κ1) is 12.2. The molecule has 6 heteroatoms. The van der Waals surface area contributed by atoms with Crippen LogP contribution in [0.2, 0.25) is 0 Å². The van der Waals surface area contributed by atoms with Crippen LogP contribution in [-0.4, -0.2) is 42.7 Å². The summed E-state index contributed by atoms with van der Waals surface area (Å²) in [7, 11) is 0. The smallest absolute Gasteiger partial charge is 0.245 e. The summed E-state index contributed by atoms with van der Waals surface area (Å²) in [6, 6.07) is 3.73. The van der Waals surface area contributed by atoms with Crippen molar-refractivity contribution in [3.8, 4) is 0 Å².